The van der Waals surface area contributed by atoms with E-state index >= 15 is 0 Å². The molecule has 0 spiro atoms. The average molecular weight is 353 g/mol. The van der Waals surface area contributed by atoms with Crippen molar-refractivity contribution in [3.05, 3.63) is 28.7 Å². The molecule has 2 bridgehead atoms. The molecule has 3 nitrogen and oxygen atoms in total. The monoisotopic (exact) mass is 352 g/mol. The number of ether oxygens (including phenoxy) is 1. The van der Waals surface area contributed by atoms with E-state index in [-0.39, 0.29) is 0 Å². The van der Waals surface area contributed by atoms with Gasteiger partial charge in [0, 0.05) is 29.1 Å². The van der Waals surface area contributed by atoms with Gasteiger partial charge in [-0.3, -0.25) is 0 Å². The van der Waals surface area contributed by atoms with Crippen molar-refractivity contribution in [1.82, 2.24) is 10.2 Å². The SMILES string of the molecule is CN1C2CCCC1CC(NCCOc1ccc(Br)cc1)C2. The van der Waals surface area contributed by atoms with Crippen molar-refractivity contribution in [2.45, 2.75) is 50.2 Å². The lowest BCUT2D eigenvalue weighted by Gasteiger charge is -2.47. The second kappa shape index (κ2) is 7.12. The number of piperidine rings is 2. The Morgan fingerprint density at radius 3 is 2.52 bits per heavy atom. The summed E-state index contributed by atoms with van der Waals surface area (Å²) in [6.07, 6.45) is 6.76. The molecule has 2 unspecified atom stereocenters. The van der Waals surface area contributed by atoms with Gasteiger partial charge in [0.2, 0.25) is 0 Å². The second-order valence-corrected chi connectivity index (χ2v) is 7.24. The van der Waals surface area contributed by atoms with Gasteiger partial charge in [0.25, 0.3) is 0 Å². The number of benzene rings is 1. The zero-order valence-electron chi connectivity index (χ0n) is 12.7. The zero-order chi connectivity index (χ0) is 14.7. The van der Waals surface area contributed by atoms with E-state index in [0.29, 0.717) is 6.04 Å². The molecule has 1 N–H and O–H groups in total. The van der Waals surface area contributed by atoms with Gasteiger partial charge in [-0.15, -0.1) is 0 Å². The van der Waals surface area contributed by atoms with E-state index in [4.69, 9.17) is 4.74 Å². The van der Waals surface area contributed by atoms with E-state index in [1.165, 1.54) is 32.1 Å². The van der Waals surface area contributed by atoms with E-state index in [0.717, 1.165) is 35.5 Å². The molecule has 2 saturated heterocycles. The maximum atomic E-state index is 5.77. The third-order valence-corrected chi connectivity index (χ3v) is 5.49. The molecule has 1 aromatic carbocycles. The Morgan fingerprint density at radius 1 is 1.19 bits per heavy atom. The smallest absolute Gasteiger partial charge is 0.119 e. The van der Waals surface area contributed by atoms with Gasteiger partial charge < -0.3 is 15.0 Å². The summed E-state index contributed by atoms with van der Waals surface area (Å²) in [5, 5.41) is 3.69. The van der Waals surface area contributed by atoms with Crippen LogP contribution < -0.4 is 10.1 Å². The maximum Gasteiger partial charge on any atom is 0.119 e. The summed E-state index contributed by atoms with van der Waals surface area (Å²) in [6, 6.07) is 10.3. The molecular formula is C17H25BrN2O. The van der Waals surface area contributed by atoms with Crippen LogP contribution >= 0.6 is 15.9 Å². The first-order valence-electron chi connectivity index (χ1n) is 8.06. The molecule has 4 heteroatoms. The molecule has 2 fully saturated rings. The fraction of sp³-hybridized carbons (Fsp3) is 0.647. The summed E-state index contributed by atoms with van der Waals surface area (Å²) >= 11 is 3.44. The lowest BCUT2D eigenvalue weighted by atomic mass is 9.82. The third-order valence-electron chi connectivity index (χ3n) is 4.96. The quantitative estimate of drug-likeness (QED) is 0.821. The predicted molar refractivity (Wildman–Crippen MR) is 89.9 cm³/mol. The van der Waals surface area contributed by atoms with Crippen LogP contribution in [0.5, 0.6) is 5.75 Å². The molecule has 0 radical (unpaired) electrons. The number of fused-ring (bicyclic) bond motifs is 2. The van der Waals surface area contributed by atoms with Gasteiger partial charge in [-0.1, -0.05) is 22.4 Å². The summed E-state index contributed by atoms with van der Waals surface area (Å²) < 4.78 is 6.86. The minimum Gasteiger partial charge on any atom is -0.492 e. The zero-order valence-corrected chi connectivity index (χ0v) is 14.3. The van der Waals surface area contributed by atoms with Crippen molar-refractivity contribution >= 4 is 15.9 Å². The van der Waals surface area contributed by atoms with Gasteiger partial charge in [-0.25, -0.2) is 0 Å². The van der Waals surface area contributed by atoms with Gasteiger partial charge in [-0.05, 0) is 57.0 Å². The Bertz CT molecular complexity index is 437. The molecule has 3 rings (SSSR count). The molecule has 1 aromatic rings. The predicted octanol–water partition coefficient (Wildman–Crippen LogP) is 3.43. The van der Waals surface area contributed by atoms with Crippen LogP contribution in [0.2, 0.25) is 0 Å². The molecule has 0 aromatic heterocycles. The highest BCUT2D eigenvalue weighted by atomic mass is 79.9. The van der Waals surface area contributed by atoms with Gasteiger partial charge in [-0.2, -0.15) is 0 Å². The van der Waals surface area contributed by atoms with Crippen LogP contribution in [0.3, 0.4) is 0 Å². The van der Waals surface area contributed by atoms with Gasteiger partial charge in [0.15, 0.2) is 0 Å². The second-order valence-electron chi connectivity index (χ2n) is 6.33. The van der Waals surface area contributed by atoms with E-state index < -0.39 is 0 Å². The van der Waals surface area contributed by atoms with Crippen molar-refractivity contribution in [2.75, 3.05) is 20.2 Å². The molecular weight excluding hydrogens is 328 g/mol. The summed E-state index contributed by atoms with van der Waals surface area (Å²) in [6.45, 7) is 1.67. The van der Waals surface area contributed by atoms with Gasteiger partial charge in [0.1, 0.15) is 12.4 Å². The van der Waals surface area contributed by atoms with Crippen molar-refractivity contribution < 1.29 is 4.74 Å². The number of nitrogens with one attached hydrogen (secondary N) is 1. The van der Waals surface area contributed by atoms with E-state index in [1.54, 1.807) is 0 Å². The standard InChI is InChI=1S/C17H25BrN2O/c1-20-15-3-2-4-16(20)12-14(11-15)19-9-10-21-17-7-5-13(18)6-8-17/h5-8,14-16,19H,2-4,9-12H2,1H3. The first kappa shape index (κ1) is 15.3. The number of hydrogen-bond acceptors (Lipinski definition) is 3. The van der Waals surface area contributed by atoms with Crippen LogP contribution in [0.1, 0.15) is 32.1 Å². The van der Waals surface area contributed by atoms with Crippen molar-refractivity contribution in [3.8, 4) is 5.75 Å². The fourth-order valence-corrected chi connectivity index (χ4v) is 4.01. The van der Waals surface area contributed by atoms with Crippen LogP contribution in [0, 0.1) is 0 Å². The third kappa shape index (κ3) is 3.99. The highest BCUT2D eigenvalue weighted by Crippen LogP contribution is 2.32. The highest BCUT2D eigenvalue weighted by molar-refractivity contribution is 9.10. The van der Waals surface area contributed by atoms with Crippen molar-refractivity contribution in [3.63, 3.8) is 0 Å². The molecule has 0 saturated carbocycles. The molecule has 2 aliphatic heterocycles. The average Bonchev–Trinajstić information content (AvgIpc) is 2.46. The Labute approximate surface area is 136 Å². The normalized spacial score (nSPS) is 29.3. The van der Waals surface area contributed by atoms with Crippen LogP contribution in [0.25, 0.3) is 0 Å². The largest absolute Gasteiger partial charge is 0.492 e. The molecule has 2 atom stereocenters. The molecule has 0 aliphatic carbocycles. The number of rotatable bonds is 5. The lowest BCUT2D eigenvalue weighted by Crippen LogP contribution is -2.54. The maximum absolute atomic E-state index is 5.77. The summed E-state index contributed by atoms with van der Waals surface area (Å²) in [5.74, 6) is 0.945. The highest BCUT2D eigenvalue weighted by Gasteiger charge is 2.35. The Kier molecular flexibility index (Phi) is 5.19. The molecule has 2 heterocycles. The van der Waals surface area contributed by atoms with Crippen LogP contribution in [0.15, 0.2) is 28.7 Å². The molecule has 21 heavy (non-hydrogen) atoms. The molecule has 0 amide bonds. The van der Waals surface area contributed by atoms with E-state index in [2.05, 4.69) is 33.2 Å². The first-order chi connectivity index (χ1) is 10.2. The van der Waals surface area contributed by atoms with Gasteiger partial charge in [0.05, 0.1) is 0 Å². The minimum atomic E-state index is 0.671. The Hall–Kier alpha value is -0.580. The van der Waals surface area contributed by atoms with E-state index in [1.807, 2.05) is 24.3 Å². The van der Waals surface area contributed by atoms with E-state index in [9.17, 15) is 0 Å². The van der Waals surface area contributed by atoms with Crippen LogP contribution in [0.4, 0.5) is 0 Å². The summed E-state index contributed by atoms with van der Waals surface area (Å²) in [5.41, 5.74) is 0. The fourth-order valence-electron chi connectivity index (χ4n) is 3.75. The Morgan fingerprint density at radius 2 is 1.86 bits per heavy atom. The minimum absolute atomic E-state index is 0.671. The van der Waals surface area contributed by atoms with Crippen molar-refractivity contribution in [2.24, 2.45) is 0 Å². The molecule has 116 valence electrons. The molecule has 2 aliphatic rings. The van der Waals surface area contributed by atoms with Crippen molar-refractivity contribution in [1.29, 1.82) is 0 Å². The summed E-state index contributed by atoms with van der Waals surface area (Å²) in [7, 11) is 2.31. The topological polar surface area (TPSA) is 24.5 Å². The number of halogens is 1. The first-order valence-corrected chi connectivity index (χ1v) is 8.85. The summed E-state index contributed by atoms with van der Waals surface area (Å²) in [4.78, 5) is 2.61. The van der Waals surface area contributed by atoms with Crippen LogP contribution in [-0.4, -0.2) is 43.2 Å². The Balaban J connectivity index is 1.39. The number of nitrogens with zero attached hydrogens (tertiary/aromatic N) is 1. The van der Waals surface area contributed by atoms with Gasteiger partial charge >= 0.3 is 0 Å². The van der Waals surface area contributed by atoms with Crippen LogP contribution in [-0.2, 0) is 0 Å². The lowest BCUT2D eigenvalue weighted by molar-refractivity contribution is 0.0479. The number of hydrogen-bond donors (Lipinski definition) is 1.